The fourth-order valence-corrected chi connectivity index (χ4v) is 2.22. The van der Waals surface area contributed by atoms with Crippen molar-refractivity contribution in [1.29, 1.82) is 0 Å². The molecule has 0 atom stereocenters. The number of rotatable bonds is 6. The molecule has 1 aromatic heterocycles. The van der Waals surface area contributed by atoms with Gasteiger partial charge in [-0.15, -0.1) is 12.4 Å². The van der Waals surface area contributed by atoms with Gasteiger partial charge in [-0.2, -0.15) is 0 Å². The first-order valence-electron chi connectivity index (χ1n) is 6.25. The van der Waals surface area contributed by atoms with Gasteiger partial charge >= 0.3 is 0 Å². The molecule has 0 radical (unpaired) electrons. The Morgan fingerprint density at radius 3 is 2.57 bits per heavy atom. The van der Waals surface area contributed by atoms with Gasteiger partial charge in [-0.3, -0.25) is 4.98 Å². The number of ether oxygens (including phenoxy) is 2. The smallest absolute Gasteiger partial charge is 0.179 e. The lowest BCUT2D eigenvalue weighted by atomic mass is 10.2. The molecule has 0 aliphatic carbocycles. The van der Waals surface area contributed by atoms with Gasteiger partial charge in [0.15, 0.2) is 11.5 Å². The molecule has 0 aliphatic rings. The van der Waals surface area contributed by atoms with Crippen LogP contribution in [0.5, 0.6) is 11.5 Å². The van der Waals surface area contributed by atoms with Gasteiger partial charge < -0.3 is 14.8 Å². The summed E-state index contributed by atoms with van der Waals surface area (Å²) in [6.07, 6.45) is 1.78. The highest BCUT2D eigenvalue weighted by molar-refractivity contribution is 6.32. The van der Waals surface area contributed by atoms with Crippen molar-refractivity contribution >= 4 is 24.0 Å². The molecule has 1 heterocycles. The molecule has 0 unspecified atom stereocenters. The SMILES string of the molecule is COc1cc(CNCc2ccccn2)cc(Cl)c1OC.Cl. The van der Waals surface area contributed by atoms with E-state index in [0.29, 0.717) is 29.6 Å². The van der Waals surface area contributed by atoms with Crippen LogP contribution in [0.25, 0.3) is 0 Å². The lowest BCUT2D eigenvalue weighted by Gasteiger charge is -2.12. The number of nitrogens with one attached hydrogen (secondary N) is 1. The largest absolute Gasteiger partial charge is 0.493 e. The van der Waals surface area contributed by atoms with Crippen LogP contribution < -0.4 is 14.8 Å². The quantitative estimate of drug-likeness (QED) is 0.881. The predicted molar refractivity (Wildman–Crippen MR) is 86.6 cm³/mol. The number of benzene rings is 1. The fourth-order valence-electron chi connectivity index (χ4n) is 1.91. The van der Waals surface area contributed by atoms with E-state index in [9.17, 15) is 0 Å². The van der Waals surface area contributed by atoms with Gasteiger partial charge in [0.25, 0.3) is 0 Å². The maximum atomic E-state index is 6.16. The molecular weight excluding hydrogens is 311 g/mol. The fraction of sp³-hybridized carbons (Fsp3) is 0.267. The van der Waals surface area contributed by atoms with Crippen molar-refractivity contribution in [2.24, 2.45) is 0 Å². The normalized spacial score (nSPS) is 9.86. The van der Waals surface area contributed by atoms with Crippen molar-refractivity contribution in [3.8, 4) is 11.5 Å². The maximum Gasteiger partial charge on any atom is 0.179 e. The Morgan fingerprint density at radius 2 is 1.95 bits per heavy atom. The van der Waals surface area contributed by atoms with Crippen LogP contribution in [0.4, 0.5) is 0 Å². The van der Waals surface area contributed by atoms with Crippen molar-refractivity contribution in [3.63, 3.8) is 0 Å². The molecule has 1 aromatic carbocycles. The third kappa shape index (κ3) is 4.77. The minimum Gasteiger partial charge on any atom is -0.493 e. The van der Waals surface area contributed by atoms with Gasteiger partial charge in [0.1, 0.15) is 0 Å². The Bertz CT molecular complexity index is 565. The summed E-state index contributed by atoms with van der Waals surface area (Å²) >= 11 is 6.16. The summed E-state index contributed by atoms with van der Waals surface area (Å²) in [6.45, 7) is 1.38. The topological polar surface area (TPSA) is 43.4 Å². The number of pyridine rings is 1. The monoisotopic (exact) mass is 328 g/mol. The lowest BCUT2D eigenvalue weighted by molar-refractivity contribution is 0.354. The molecule has 21 heavy (non-hydrogen) atoms. The van der Waals surface area contributed by atoms with Crippen LogP contribution >= 0.6 is 24.0 Å². The van der Waals surface area contributed by atoms with Gasteiger partial charge in [0.2, 0.25) is 0 Å². The van der Waals surface area contributed by atoms with Crippen LogP contribution in [-0.2, 0) is 13.1 Å². The molecule has 0 saturated carbocycles. The highest BCUT2D eigenvalue weighted by Crippen LogP contribution is 2.35. The summed E-state index contributed by atoms with van der Waals surface area (Å²) in [5.41, 5.74) is 2.03. The zero-order valence-corrected chi connectivity index (χ0v) is 13.5. The number of hydrogen-bond donors (Lipinski definition) is 1. The molecule has 0 fully saturated rings. The molecule has 2 rings (SSSR count). The van der Waals surface area contributed by atoms with Gasteiger partial charge in [-0.1, -0.05) is 17.7 Å². The molecule has 0 amide bonds. The van der Waals surface area contributed by atoms with E-state index in [0.717, 1.165) is 11.3 Å². The zero-order valence-electron chi connectivity index (χ0n) is 11.9. The Morgan fingerprint density at radius 1 is 1.14 bits per heavy atom. The van der Waals surface area contributed by atoms with E-state index < -0.39 is 0 Å². The van der Waals surface area contributed by atoms with E-state index in [2.05, 4.69) is 10.3 Å². The minimum absolute atomic E-state index is 0. The van der Waals surface area contributed by atoms with Crippen LogP contribution in [0.3, 0.4) is 0 Å². The standard InChI is InChI=1S/C15H17ClN2O2.ClH/c1-19-14-8-11(7-13(16)15(14)20-2)9-17-10-12-5-3-4-6-18-12;/h3-8,17H,9-10H2,1-2H3;1H. The van der Waals surface area contributed by atoms with Gasteiger partial charge in [-0.25, -0.2) is 0 Å². The number of nitrogens with zero attached hydrogens (tertiary/aromatic N) is 1. The van der Waals surface area contributed by atoms with Gasteiger partial charge in [0, 0.05) is 19.3 Å². The highest BCUT2D eigenvalue weighted by atomic mass is 35.5. The van der Waals surface area contributed by atoms with Crippen LogP contribution in [0.2, 0.25) is 5.02 Å². The Labute approximate surface area is 135 Å². The van der Waals surface area contributed by atoms with Gasteiger partial charge in [-0.05, 0) is 29.8 Å². The average Bonchev–Trinajstić information content (AvgIpc) is 2.47. The van der Waals surface area contributed by atoms with Crippen molar-refractivity contribution in [1.82, 2.24) is 10.3 Å². The number of halogens is 2. The van der Waals surface area contributed by atoms with E-state index in [4.69, 9.17) is 21.1 Å². The molecule has 6 heteroatoms. The lowest BCUT2D eigenvalue weighted by Crippen LogP contribution is -2.13. The molecule has 0 aliphatic heterocycles. The molecule has 114 valence electrons. The van der Waals surface area contributed by atoms with E-state index >= 15 is 0 Å². The van der Waals surface area contributed by atoms with Crippen molar-refractivity contribution in [3.05, 3.63) is 52.8 Å². The van der Waals surface area contributed by atoms with E-state index in [1.807, 2.05) is 30.3 Å². The minimum atomic E-state index is 0. The molecule has 2 aromatic rings. The second-order valence-electron chi connectivity index (χ2n) is 4.24. The third-order valence-electron chi connectivity index (χ3n) is 2.85. The summed E-state index contributed by atoms with van der Waals surface area (Å²) in [4.78, 5) is 4.26. The summed E-state index contributed by atoms with van der Waals surface area (Å²) in [7, 11) is 3.17. The van der Waals surface area contributed by atoms with Crippen LogP contribution in [-0.4, -0.2) is 19.2 Å². The van der Waals surface area contributed by atoms with E-state index in [1.54, 1.807) is 20.4 Å². The first kappa shape index (κ1) is 17.6. The van der Waals surface area contributed by atoms with E-state index in [-0.39, 0.29) is 12.4 Å². The zero-order chi connectivity index (χ0) is 14.4. The molecule has 0 saturated heterocycles. The van der Waals surface area contributed by atoms with Crippen molar-refractivity contribution in [2.75, 3.05) is 14.2 Å². The summed E-state index contributed by atoms with van der Waals surface area (Å²) in [6, 6.07) is 9.63. The summed E-state index contributed by atoms with van der Waals surface area (Å²) in [5, 5.41) is 3.86. The first-order chi connectivity index (χ1) is 9.74. The Kier molecular flexibility index (Phi) is 7.29. The van der Waals surface area contributed by atoms with E-state index in [1.165, 1.54) is 0 Å². The Balaban J connectivity index is 0.00000220. The maximum absolute atomic E-state index is 6.16. The third-order valence-corrected chi connectivity index (χ3v) is 3.14. The summed E-state index contributed by atoms with van der Waals surface area (Å²) in [5.74, 6) is 1.19. The second kappa shape index (κ2) is 8.72. The highest BCUT2D eigenvalue weighted by Gasteiger charge is 2.10. The molecular formula is C15H18Cl2N2O2. The van der Waals surface area contributed by atoms with Crippen molar-refractivity contribution in [2.45, 2.75) is 13.1 Å². The molecule has 0 spiro atoms. The Hall–Kier alpha value is -1.49. The molecule has 0 bridgehead atoms. The molecule has 4 nitrogen and oxygen atoms in total. The van der Waals surface area contributed by atoms with Crippen LogP contribution in [0.15, 0.2) is 36.5 Å². The number of aromatic nitrogens is 1. The summed E-state index contributed by atoms with van der Waals surface area (Å²) < 4.78 is 10.5. The van der Waals surface area contributed by atoms with Gasteiger partial charge in [0.05, 0.1) is 24.9 Å². The number of hydrogen-bond acceptors (Lipinski definition) is 4. The number of methoxy groups -OCH3 is 2. The van der Waals surface area contributed by atoms with Crippen LogP contribution in [0, 0.1) is 0 Å². The predicted octanol–water partition coefficient (Wildman–Crippen LogP) is 3.46. The second-order valence-corrected chi connectivity index (χ2v) is 4.64. The average molecular weight is 329 g/mol. The molecule has 1 N–H and O–H groups in total. The van der Waals surface area contributed by atoms with Crippen LogP contribution in [0.1, 0.15) is 11.3 Å². The first-order valence-corrected chi connectivity index (χ1v) is 6.63. The van der Waals surface area contributed by atoms with Crippen molar-refractivity contribution < 1.29 is 9.47 Å².